The lowest BCUT2D eigenvalue weighted by Gasteiger charge is -2.22. The lowest BCUT2D eigenvalue weighted by atomic mass is 10.2. The van der Waals surface area contributed by atoms with Crippen molar-refractivity contribution < 1.29 is 9.47 Å². The Bertz CT molecular complexity index is 347. The number of anilines is 1. The summed E-state index contributed by atoms with van der Waals surface area (Å²) in [6.07, 6.45) is 2.29. The van der Waals surface area contributed by atoms with Gasteiger partial charge < -0.3 is 14.8 Å². The molecule has 0 amide bonds. The van der Waals surface area contributed by atoms with Gasteiger partial charge in [-0.3, -0.25) is 0 Å². The van der Waals surface area contributed by atoms with Gasteiger partial charge in [0.05, 0.1) is 20.3 Å². The third kappa shape index (κ3) is 3.39. The van der Waals surface area contributed by atoms with Crippen molar-refractivity contribution in [2.45, 2.75) is 18.9 Å². The summed E-state index contributed by atoms with van der Waals surface area (Å²) in [5.41, 5.74) is 0. The van der Waals surface area contributed by atoms with E-state index in [1.54, 1.807) is 20.3 Å². The first kappa shape index (κ1) is 12.3. The summed E-state index contributed by atoms with van der Waals surface area (Å²) in [7, 11) is 3.17. The van der Waals surface area contributed by atoms with Gasteiger partial charge in [-0.25, -0.2) is 0 Å². The van der Waals surface area contributed by atoms with Crippen molar-refractivity contribution in [3.63, 3.8) is 0 Å². The largest absolute Gasteiger partial charge is 0.481 e. The Hall–Kier alpha value is -1.17. The maximum Gasteiger partial charge on any atom is 0.229 e. The predicted octanol–water partition coefficient (Wildman–Crippen LogP) is 1.80. The zero-order valence-corrected chi connectivity index (χ0v) is 10.9. The average Bonchev–Trinajstić information content (AvgIpc) is 2.39. The van der Waals surface area contributed by atoms with E-state index in [-0.39, 0.29) is 0 Å². The highest BCUT2D eigenvalue weighted by atomic mass is 32.2. The van der Waals surface area contributed by atoms with Crippen LogP contribution in [-0.2, 0) is 0 Å². The molecule has 2 heterocycles. The number of hydrogen-bond donors (Lipinski definition) is 1. The minimum Gasteiger partial charge on any atom is -0.481 e. The van der Waals surface area contributed by atoms with Crippen LogP contribution in [0.5, 0.6) is 11.8 Å². The Morgan fingerprint density at radius 1 is 1.18 bits per heavy atom. The second-order valence-corrected chi connectivity index (χ2v) is 5.03. The monoisotopic (exact) mass is 255 g/mol. The van der Waals surface area contributed by atoms with Gasteiger partial charge in [0.1, 0.15) is 0 Å². The Morgan fingerprint density at radius 3 is 2.29 bits per heavy atom. The number of ether oxygens (including phenoxy) is 2. The van der Waals surface area contributed by atoms with Crippen LogP contribution in [0, 0.1) is 0 Å². The molecule has 94 valence electrons. The average molecular weight is 255 g/mol. The van der Waals surface area contributed by atoms with Gasteiger partial charge in [0, 0.05) is 6.04 Å². The number of nitrogens with zero attached hydrogens (tertiary/aromatic N) is 2. The third-order valence-electron chi connectivity index (χ3n) is 2.65. The minimum atomic E-state index is 0.452. The number of rotatable bonds is 4. The zero-order chi connectivity index (χ0) is 12.1. The Balaban J connectivity index is 2.07. The molecule has 6 heteroatoms. The molecule has 1 aliphatic rings. The molecular formula is C11H17N3O2S. The molecule has 17 heavy (non-hydrogen) atoms. The van der Waals surface area contributed by atoms with Gasteiger partial charge in [0.15, 0.2) is 0 Å². The number of thioether (sulfide) groups is 1. The van der Waals surface area contributed by atoms with Gasteiger partial charge in [-0.05, 0) is 24.3 Å². The van der Waals surface area contributed by atoms with Crippen LogP contribution in [-0.4, -0.2) is 41.7 Å². The van der Waals surface area contributed by atoms with Gasteiger partial charge >= 0.3 is 0 Å². The SMILES string of the molecule is COc1cc(OC)nc(NC2CCSCC2)n1. The first-order valence-electron chi connectivity index (χ1n) is 5.63. The minimum absolute atomic E-state index is 0.452. The molecule has 1 fully saturated rings. The lowest BCUT2D eigenvalue weighted by Crippen LogP contribution is -2.25. The molecule has 1 N–H and O–H groups in total. The topological polar surface area (TPSA) is 56.3 Å². The van der Waals surface area contributed by atoms with E-state index in [2.05, 4.69) is 15.3 Å². The molecule has 5 nitrogen and oxygen atoms in total. The molecule has 0 aliphatic carbocycles. The molecule has 1 aromatic heterocycles. The van der Waals surface area contributed by atoms with Crippen molar-refractivity contribution in [2.24, 2.45) is 0 Å². The van der Waals surface area contributed by atoms with E-state index >= 15 is 0 Å². The predicted molar refractivity (Wildman–Crippen MR) is 69.1 cm³/mol. The van der Waals surface area contributed by atoms with Gasteiger partial charge in [0.2, 0.25) is 17.7 Å². The summed E-state index contributed by atoms with van der Waals surface area (Å²) >= 11 is 1.99. The second kappa shape index (κ2) is 5.95. The van der Waals surface area contributed by atoms with Gasteiger partial charge in [0.25, 0.3) is 0 Å². The molecule has 0 atom stereocenters. The van der Waals surface area contributed by atoms with Crippen LogP contribution in [0.3, 0.4) is 0 Å². The standard InChI is InChI=1S/C11H17N3O2S/c1-15-9-7-10(16-2)14-11(13-9)12-8-3-5-17-6-4-8/h7-8H,3-6H2,1-2H3,(H,12,13,14). The molecule has 0 saturated carbocycles. The summed E-state index contributed by atoms with van der Waals surface area (Å²) in [5, 5.41) is 3.33. The molecule has 0 radical (unpaired) electrons. The third-order valence-corrected chi connectivity index (χ3v) is 3.70. The fourth-order valence-corrected chi connectivity index (χ4v) is 2.81. The van der Waals surface area contributed by atoms with Crippen LogP contribution in [0.1, 0.15) is 12.8 Å². The summed E-state index contributed by atoms with van der Waals surface area (Å²) in [5.74, 6) is 4.00. The van der Waals surface area contributed by atoms with Crippen LogP contribution < -0.4 is 14.8 Å². The number of hydrogen-bond acceptors (Lipinski definition) is 6. The molecule has 0 aromatic carbocycles. The Kier molecular flexibility index (Phi) is 4.30. The Morgan fingerprint density at radius 2 is 1.76 bits per heavy atom. The van der Waals surface area contributed by atoms with Crippen molar-refractivity contribution in [1.29, 1.82) is 0 Å². The van der Waals surface area contributed by atoms with Crippen LogP contribution in [0.25, 0.3) is 0 Å². The van der Waals surface area contributed by atoms with Crippen molar-refractivity contribution >= 4 is 17.7 Å². The fourth-order valence-electron chi connectivity index (χ4n) is 1.70. The van der Waals surface area contributed by atoms with E-state index in [0.29, 0.717) is 23.8 Å². The van der Waals surface area contributed by atoms with Crippen LogP contribution >= 0.6 is 11.8 Å². The zero-order valence-electron chi connectivity index (χ0n) is 10.1. The maximum atomic E-state index is 5.11. The summed E-state index contributed by atoms with van der Waals surface area (Å²) in [6, 6.07) is 2.12. The fraction of sp³-hybridized carbons (Fsp3) is 0.636. The molecule has 1 aromatic rings. The summed E-state index contributed by atoms with van der Waals surface area (Å²) in [4.78, 5) is 8.53. The first-order chi connectivity index (χ1) is 8.31. The highest BCUT2D eigenvalue weighted by Crippen LogP contribution is 2.22. The maximum absolute atomic E-state index is 5.11. The number of nitrogens with one attached hydrogen (secondary N) is 1. The van der Waals surface area contributed by atoms with E-state index < -0.39 is 0 Å². The van der Waals surface area contributed by atoms with E-state index in [4.69, 9.17) is 9.47 Å². The van der Waals surface area contributed by atoms with Gasteiger partial charge in [-0.1, -0.05) is 0 Å². The molecular weight excluding hydrogens is 238 g/mol. The highest BCUT2D eigenvalue weighted by Gasteiger charge is 2.15. The normalized spacial score (nSPS) is 16.6. The van der Waals surface area contributed by atoms with E-state index in [0.717, 1.165) is 12.8 Å². The molecule has 2 rings (SSSR count). The molecule has 1 aliphatic heterocycles. The smallest absolute Gasteiger partial charge is 0.229 e. The summed E-state index contributed by atoms with van der Waals surface area (Å²) < 4.78 is 10.2. The van der Waals surface area contributed by atoms with Crippen LogP contribution in [0.4, 0.5) is 5.95 Å². The van der Waals surface area contributed by atoms with Crippen molar-refractivity contribution in [1.82, 2.24) is 9.97 Å². The molecule has 0 unspecified atom stereocenters. The summed E-state index contributed by atoms with van der Waals surface area (Å²) in [6.45, 7) is 0. The first-order valence-corrected chi connectivity index (χ1v) is 6.78. The lowest BCUT2D eigenvalue weighted by molar-refractivity contribution is 0.372. The quantitative estimate of drug-likeness (QED) is 0.885. The van der Waals surface area contributed by atoms with Crippen molar-refractivity contribution in [2.75, 3.05) is 31.0 Å². The van der Waals surface area contributed by atoms with E-state index in [9.17, 15) is 0 Å². The van der Waals surface area contributed by atoms with Crippen molar-refractivity contribution in [3.8, 4) is 11.8 Å². The van der Waals surface area contributed by atoms with E-state index in [1.165, 1.54) is 11.5 Å². The highest BCUT2D eigenvalue weighted by molar-refractivity contribution is 7.99. The molecule has 0 bridgehead atoms. The van der Waals surface area contributed by atoms with Gasteiger partial charge in [-0.15, -0.1) is 0 Å². The molecule has 0 spiro atoms. The van der Waals surface area contributed by atoms with E-state index in [1.807, 2.05) is 11.8 Å². The van der Waals surface area contributed by atoms with Gasteiger partial charge in [-0.2, -0.15) is 21.7 Å². The second-order valence-electron chi connectivity index (χ2n) is 3.81. The van der Waals surface area contributed by atoms with Crippen LogP contribution in [0.2, 0.25) is 0 Å². The number of methoxy groups -OCH3 is 2. The number of aromatic nitrogens is 2. The van der Waals surface area contributed by atoms with Crippen molar-refractivity contribution in [3.05, 3.63) is 6.07 Å². The Labute approximate surface area is 105 Å². The van der Waals surface area contributed by atoms with Crippen LogP contribution in [0.15, 0.2) is 6.07 Å². The molecule has 1 saturated heterocycles.